The molecule has 0 radical (unpaired) electrons. The molecule has 1 saturated carbocycles. The molecule has 2 aliphatic heterocycles. The summed E-state index contributed by atoms with van der Waals surface area (Å²) in [6.07, 6.45) is 3.25. The average molecular weight is 669 g/mol. The molecule has 12 nitrogen and oxygen atoms in total. The molecule has 45 heavy (non-hydrogen) atoms. The summed E-state index contributed by atoms with van der Waals surface area (Å²) in [6.45, 7) is 1.90. The van der Waals surface area contributed by atoms with Crippen LogP contribution < -0.4 is 26.6 Å². The Morgan fingerprint density at radius 1 is 1.09 bits per heavy atom. The highest BCUT2D eigenvalue weighted by Gasteiger charge is 2.44. The Balaban J connectivity index is 1.20. The first-order valence-electron chi connectivity index (χ1n) is 15.2. The van der Waals surface area contributed by atoms with Crippen LogP contribution in [0, 0.1) is 11.8 Å². The summed E-state index contributed by atoms with van der Waals surface area (Å²) in [5.74, 6) is -4.10. The Morgan fingerprint density at radius 3 is 2.40 bits per heavy atom. The van der Waals surface area contributed by atoms with Gasteiger partial charge in [0.25, 0.3) is 5.92 Å². The summed E-state index contributed by atoms with van der Waals surface area (Å²) in [6, 6.07) is 5.12. The van der Waals surface area contributed by atoms with E-state index in [0.29, 0.717) is 44.7 Å². The molecular weight excluding hydrogens is 630 g/mol. The van der Waals surface area contributed by atoms with Gasteiger partial charge in [0.1, 0.15) is 21.7 Å². The Bertz CT molecular complexity index is 1480. The van der Waals surface area contributed by atoms with Crippen LogP contribution in [0.4, 0.5) is 20.4 Å². The smallest absolute Gasteiger partial charge is 0.276 e. The maximum Gasteiger partial charge on any atom is 0.276 e. The Kier molecular flexibility index (Phi) is 10.2. The van der Waals surface area contributed by atoms with Gasteiger partial charge >= 0.3 is 0 Å². The van der Waals surface area contributed by atoms with Gasteiger partial charge in [-0.3, -0.25) is 14.5 Å². The van der Waals surface area contributed by atoms with Crippen molar-refractivity contribution in [2.24, 2.45) is 23.3 Å². The lowest BCUT2D eigenvalue weighted by Gasteiger charge is -2.36. The quantitative estimate of drug-likeness (QED) is 0.254. The normalized spacial score (nSPS) is 23.4. The maximum atomic E-state index is 15.8. The fourth-order valence-electron chi connectivity index (χ4n) is 6.20. The number of aromatic nitrogens is 2. The highest BCUT2D eigenvalue weighted by Crippen LogP contribution is 2.46. The van der Waals surface area contributed by atoms with Crippen molar-refractivity contribution in [2.45, 2.75) is 55.4 Å². The van der Waals surface area contributed by atoms with Crippen molar-refractivity contribution in [1.29, 1.82) is 0 Å². The van der Waals surface area contributed by atoms with E-state index in [1.807, 2.05) is 0 Å². The number of rotatable bonds is 10. The number of pyridine rings is 2. The lowest BCUT2D eigenvalue weighted by atomic mass is 9.77. The predicted molar refractivity (Wildman–Crippen MR) is 165 cm³/mol. The third-order valence-electron chi connectivity index (χ3n) is 8.81. The number of hydrogen-bond donors (Lipinski definition) is 3. The number of halogens is 3. The van der Waals surface area contributed by atoms with Gasteiger partial charge < -0.3 is 21.7 Å². The minimum atomic E-state index is -3.89. The summed E-state index contributed by atoms with van der Waals surface area (Å²) in [5, 5.41) is 2.75. The molecule has 3 aliphatic rings. The second-order valence-electron chi connectivity index (χ2n) is 11.9. The van der Waals surface area contributed by atoms with E-state index < -0.39 is 21.9 Å². The van der Waals surface area contributed by atoms with Crippen LogP contribution in [-0.4, -0.2) is 86.4 Å². The van der Waals surface area contributed by atoms with Gasteiger partial charge in [-0.25, -0.2) is 27.2 Å². The zero-order valence-electron chi connectivity index (χ0n) is 24.9. The van der Waals surface area contributed by atoms with Crippen molar-refractivity contribution in [3.8, 4) is 0 Å². The first-order valence-corrected chi connectivity index (χ1v) is 17.0. The van der Waals surface area contributed by atoms with Gasteiger partial charge in [-0.05, 0) is 62.9 Å². The summed E-state index contributed by atoms with van der Waals surface area (Å²) >= 11 is 6.22. The number of anilines is 2. The van der Waals surface area contributed by atoms with E-state index >= 15 is 8.78 Å². The zero-order valence-corrected chi connectivity index (χ0v) is 26.4. The highest BCUT2D eigenvalue weighted by molar-refractivity contribution is 7.89. The van der Waals surface area contributed by atoms with Crippen molar-refractivity contribution in [3.05, 3.63) is 41.2 Å². The van der Waals surface area contributed by atoms with Gasteiger partial charge in [0.2, 0.25) is 21.8 Å². The van der Waals surface area contributed by atoms with Gasteiger partial charge in [-0.2, -0.15) is 4.31 Å². The third-order valence-corrected chi connectivity index (χ3v) is 10.9. The van der Waals surface area contributed by atoms with Crippen LogP contribution in [0.2, 0.25) is 5.15 Å². The maximum absolute atomic E-state index is 15.8. The van der Waals surface area contributed by atoms with E-state index in [4.69, 9.17) is 23.1 Å². The molecule has 1 atom stereocenters. The molecule has 4 heterocycles. The van der Waals surface area contributed by atoms with Crippen molar-refractivity contribution in [1.82, 2.24) is 19.6 Å². The minimum Gasteiger partial charge on any atom is -0.356 e. The second kappa shape index (κ2) is 13.8. The predicted octanol–water partition coefficient (Wildman–Crippen LogP) is 2.07. The molecule has 2 aromatic rings. The molecule has 246 valence electrons. The van der Waals surface area contributed by atoms with E-state index in [2.05, 4.69) is 15.3 Å². The van der Waals surface area contributed by atoms with E-state index in [0.717, 1.165) is 0 Å². The number of nitrogens with two attached hydrogens (primary N) is 2. The number of hydrogen-bond acceptors (Lipinski definition) is 9. The zero-order chi connectivity index (χ0) is 32.4. The van der Waals surface area contributed by atoms with Gasteiger partial charge in [0.05, 0.1) is 0 Å². The topological polar surface area (TPSA) is 168 Å². The number of alkyl halides is 2. The van der Waals surface area contributed by atoms with E-state index in [1.165, 1.54) is 39.7 Å². The highest BCUT2D eigenvalue weighted by atomic mass is 35.5. The molecule has 16 heteroatoms. The number of nitrogens with zero attached hydrogens (tertiary/aromatic N) is 5. The largest absolute Gasteiger partial charge is 0.356 e. The molecule has 2 aromatic heterocycles. The van der Waals surface area contributed by atoms with E-state index in [-0.39, 0.29) is 90.6 Å². The van der Waals surface area contributed by atoms with Crippen molar-refractivity contribution >= 4 is 45.1 Å². The number of carbonyl (C=O) groups excluding carboxylic acids is 2. The van der Waals surface area contributed by atoms with Crippen LogP contribution in [0.15, 0.2) is 35.4 Å². The number of piperazine rings is 1. The SMILES string of the molecule is NCCCNC(=O)C1CCC(C(F)(F)c2cc(Cl)nc(N3CCN(S(=O)(=O)c4ccc(N5C[C@H](N)CC5=O)nc4)CC3)c2)CC1. The fourth-order valence-corrected chi connectivity index (χ4v) is 7.77. The monoisotopic (exact) mass is 668 g/mol. The first-order chi connectivity index (χ1) is 21.4. The molecule has 1 aliphatic carbocycles. The number of amides is 2. The number of carbonyl (C=O) groups is 2. The van der Waals surface area contributed by atoms with E-state index in [1.54, 1.807) is 4.90 Å². The molecule has 0 spiro atoms. The van der Waals surface area contributed by atoms with Crippen LogP contribution in [0.25, 0.3) is 0 Å². The molecule has 0 unspecified atom stereocenters. The van der Waals surface area contributed by atoms with Crippen molar-refractivity contribution in [2.75, 3.05) is 55.6 Å². The molecule has 2 saturated heterocycles. The first kappa shape index (κ1) is 33.4. The Hall–Kier alpha value is -2.98. The van der Waals surface area contributed by atoms with Crippen LogP contribution in [0.3, 0.4) is 0 Å². The van der Waals surface area contributed by atoms with Gasteiger partial charge in [-0.15, -0.1) is 0 Å². The standard InChI is InChI=1S/C29H39ClF2N8O4S/c30-24-14-21(29(31,32)20-4-2-19(3-5-20)28(42)35-9-1-8-33)15-26(37-24)38-10-12-39(13-11-38)45(43,44)23-6-7-25(36-17-23)40-18-22(34)16-27(40)41/h6-7,14-15,17,19-20,22H,1-5,8-13,16,18,33-34H2,(H,35,42)/t19?,20?,22-/m1/s1. The van der Waals surface area contributed by atoms with Crippen molar-refractivity contribution in [3.63, 3.8) is 0 Å². The lowest BCUT2D eigenvalue weighted by molar-refractivity contribution is -0.129. The van der Waals surface area contributed by atoms with Crippen LogP contribution >= 0.6 is 11.6 Å². The van der Waals surface area contributed by atoms with Gasteiger partial charge in [0.15, 0.2) is 0 Å². The number of nitrogens with one attached hydrogen (secondary N) is 1. The number of sulfonamides is 1. The molecular formula is C29H39ClF2N8O4S. The molecule has 2 amide bonds. The molecule has 5 rings (SSSR count). The fraction of sp³-hybridized carbons (Fsp3) is 0.586. The van der Waals surface area contributed by atoms with Crippen LogP contribution in [0.5, 0.6) is 0 Å². The second-order valence-corrected chi connectivity index (χ2v) is 14.2. The minimum absolute atomic E-state index is 0.0128. The average Bonchev–Trinajstić information content (AvgIpc) is 3.38. The Labute approximate surface area is 266 Å². The molecule has 0 aromatic carbocycles. The lowest BCUT2D eigenvalue weighted by Crippen LogP contribution is -2.49. The summed E-state index contributed by atoms with van der Waals surface area (Å²) in [5.41, 5.74) is 11.1. The molecule has 5 N–H and O–H groups in total. The molecule has 0 bridgehead atoms. The van der Waals surface area contributed by atoms with Crippen molar-refractivity contribution < 1.29 is 26.8 Å². The van der Waals surface area contributed by atoms with Crippen LogP contribution in [-0.2, 0) is 25.5 Å². The summed E-state index contributed by atoms with van der Waals surface area (Å²) < 4.78 is 59.5. The van der Waals surface area contributed by atoms with Gasteiger partial charge in [0, 0.05) is 75.3 Å². The Morgan fingerprint density at radius 2 is 1.80 bits per heavy atom. The van der Waals surface area contributed by atoms with Crippen LogP contribution in [0.1, 0.15) is 44.1 Å². The van der Waals surface area contributed by atoms with E-state index in [9.17, 15) is 18.0 Å². The van der Waals surface area contributed by atoms with Gasteiger partial charge in [-0.1, -0.05) is 11.6 Å². The summed E-state index contributed by atoms with van der Waals surface area (Å²) in [4.78, 5) is 36.1. The molecule has 3 fully saturated rings. The third kappa shape index (κ3) is 7.38. The summed E-state index contributed by atoms with van der Waals surface area (Å²) in [7, 11) is -3.89.